The number of hydrogen-bond donors (Lipinski definition) is 1. The van der Waals surface area contributed by atoms with Crippen molar-refractivity contribution in [3.05, 3.63) is 40.4 Å². The molecule has 0 aromatic carbocycles. The zero-order valence-corrected chi connectivity index (χ0v) is 13.5. The van der Waals surface area contributed by atoms with E-state index in [1.54, 1.807) is 12.3 Å². The number of carbonyl (C=O) groups is 1. The Balaban J connectivity index is 1.67. The van der Waals surface area contributed by atoms with E-state index in [2.05, 4.69) is 19.9 Å². The fourth-order valence-corrected chi connectivity index (χ4v) is 2.88. The highest BCUT2D eigenvalue weighted by atomic mass is 35.5. The van der Waals surface area contributed by atoms with Gasteiger partial charge >= 0.3 is 5.97 Å². The summed E-state index contributed by atoms with van der Waals surface area (Å²) in [6.45, 7) is 2.86. The molecule has 7 nitrogen and oxygen atoms in total. The lowest BCUT2D eigenvalue weighted by Crippen LogP contribution is -2.47. The molecule has 1 saturated heterocycles. The van der Waals surface area contributed by atoms with Gasteiger partial charge in [0, 0.05) is 32.4 Å². The number of rotatable bonds is 3. The van der Waals surface area contributed by atoms with Crippen LogP contribution in [0.25, 0.3) is 0 Å². The third kappa shape index (κ3) is 3.46. The monoisotopic (exact) mass is 353 g/mol. The van der Waals surface area contributed by atoms with E-state index in [1.165, 1.54) is 12.4 Å². The molecule has 1 aliphatic heterocycles. The Morgan fingerprint density at radius 2 is 1.70 bits per heavy atom. The number of carboxylic acids is 1. The molecular formula is C14H13Cl2N5O2. The van der Waals surface area contributed by atoms with Crippen LogP contribution in [0.15, 0.2) is 24.7 Å². The van der Waals surface area contributed by atoms with Crippen molar-refractivity contribution in [1.82, 2.24) is 15.0 Å². The van der Waals surface area contributed by atoms with Gasteiger partial charge in [-0.05, 0) is 6.07 Å². The second-order valence-electron chi connectivity index (χ2n) is 5.00. The second-order valence-corrected chi connectivity index (χ2v) is 5.84. The summed E-state index contributed by atoms with van der Waals surface area (Å²) in [6, 6.07) is 1.67. The maximum absolute atomic E-state index is 10.8. The summed E-state index contributed by atoms with van der Waals surface area (Å²) in [5.74, 6) is 0.283. The van der Waals surface area contributed by atoms with Crippen LogP contribution >= 0.6 is 23.2 Å². The van der Waals surface area contributed by atoms with Crippen molar-refractivity contribution < 1.29 is 9.90 Å². The summed E-state index contributed by atoms with van der Waals surface area (Å²) < 4.78 is 0. The van der Waals surface area contributed by atoms with Gasteiger partial charge in [-0.3, -0.25) is 0 Å². The molecule has 0 aliphatic carbocycles. The first-order valence-corrected chi connectivity index (χ1v) is 7.66. The quantitative estimate of drug-likeness (QED) is 0.905. The Morgan fingerprint density at radius 3 is 2.26 bits per heavy atom. The van der Waals surface area contributed by atoms with E-state index in [0.29, 0.717) is 34.8 Å². The molecule has 3 rings (SSSR count). The van der Waals surface area contributed by atoms with Gasteiger partial charge < -0.3 is 14.9 Å². The topological polar surface area (TPSA) is 82.5 Å². The molecule has 1 aliphatic rings. The Kier molecular flexibility index (Phi) is 4.49. The third-order valence-electron chi connectivity index (χ3n) is 3.55. The minimum absolute atomic E-state index is 0.0652. The van der Waals surface area contributed by atoms with Crippen LogP contribution in [0.5, 0.6) is 0 Å². The lowest BCUT2D eigenvalue weighted by atomic mass is 10.3. The maximum Gasteiger partial charge on any atom is 0.356 e. The SMILES string of the molecule is O=C(O)c1cnc(N2CCN(c3ncc(Cl)cc3Cl)CC2)cn1. The fraction of sp³-hybridized carbons (Fsp3) is 0.286. The number of pyridine rings is 1. The summed E-state index contributed by atoms with van der Waals surface area (Å²) in [4.78, 5) is 27.2. The molecule has 9 heteroatoms. The van der Waals surface area contributed by atoms with Gasteiger partial charge in [-0.15, -0.1) is 0 Å². The maximum atomic E-state index is 10.8. The summed E-state index contributed by atoms with van der Waals surface area (Å²) in [6.07, 6.45) is 4.32. The lowest BCUT2D eigenvalue weighted by Gasteiger charge is -2.36. The summed E-state index contributed by atoms with van der Waals surface area (Å²) in [5, 5.41) is 9.87. The molecule has 2 aromatic heterocycles. The predicted molar refractivity (Wildman–Crippen MR) is 87.7 cm³/mol. The number of aromatic nitrogens is 3. The van der Waals surface area contributed by atoms with Gasteiger partial charge in [0.1, 0.15) is 11.6 Å². The van der Waals surface area contributed by atoms with E-state index in [1.807, 2.05) is 4.90 Å². The van der Waals surface area contributed by atoms with Gasteiger partial charge in [-0.1, -0.05) is 23.2 Å². The molecular weight excluding hydrogens is 341 g/mol. The number of aromatic carboxylic acids is 1. The van der Waals surface area contributed by atoms with Gasteiger partial charge in [0.05, 0.1) is 22.4 Å². The second kappa shape index (κ2) is 6.55. The molecule has 0 amide bonds. The van der Waals surface area contributed by atoms with E-state index in [9.17, 15) is 4.79 Å². The van der Waals surface area contributed by atoms with E-state index >= 15 is 0 Å². The Hall–Kier alpha value is -2.12. The lowest BCUT2D eigenvalue weighted by molar-refractivity contribution is 0.0690. The number of carboxylic acid groups (broad SMARTS) is 1. The first-order valence-electron chi connectivity index (χ1n) is 6.91. The average molecular weight is 354 g/mol. The molecule has 0 spiro atoms. The minimum Gasteiger partial charge on any atom is -0.476 e. The van der Waals surface area contributed by atoms with Gasteiger partial charge in [-0.2, -0.15) is 0 Å². The van der Waals surface area contributed by atoms with Crippen molar-refractivity contribution >= 4 is 40.8 Å². The van der Waals surface area contributed by atoms with Crippen LogP contribution in [0, 0.1) is 0 Å². The smallest absolute Gasteiger partial charge is 0.356 e. The largest absolute Gasteiger partial charge is 0.476 e. The third-order valence-corrected chi connectivity index (χ3v) is 4.03. The normalized spacial score (nSPS) is 14.9. The molecule has 0 bridgehead atoms. The van der Waals surface area contributed by atoms with E-state index in [4.69, 9.17) is 28.3 Å². The van der Waals surface area contributed by atoms with E-state index < -0.39 is 5.97 Å². The average Bonchev–Trinajstić information content (AvgIpc) is 2.55. The van der Waals surface area contributed by atoms with Gasteiger partial charge in [0.2, 0.25) is 0 Å². The van der Waals surface area contributed by atoms with E-state index in [0.717, 1.165) is 13.1 Å². The number of nitrogens with zero attached hydrogens (tertiary/aromatic N) is 5. The minimum atomic E-state index is -1.09. The van der Waals surface area contributed by atoms with Crippen LogP contribution in [0.2, 0.25) is 10.0 Å². The summed E-state index contributed by atoms with van der Waals surface area (Å²) in [5.41, 5.74) is -0.0652. The molecule has 1 N–H and O–H groups in total. The Bertz CT molecular complexity index is 718. The zero-order chi connectivity index (χ0) is 16.4. The Labute approximate surface area is 142 Å². The first-order chi connectivity index (χ1) is 11.0. The van der Waals surface area contributed by atoms with Crippen LogP contribution in [0.3, 0.4) is 0 Å². The molecule has 0 atom stereocenters. The highest BCUT2D eigenvalue weighted by molar-refractivity contribution is 6.36. The van der Waals surface area contributed by atoms with Crippen molar-refractivity contribution in [3.8, 4) is 0 Å². The van der Waals surface area contributed by atoms with Crippen LogP contribution in [-0.2, 0) is 0 Å². The molecule has 0 unspecified atom stereocenters. The highest BCUT2D eigenvalue weighted by Crippen LogP contribution is 2.27. The van der Waals surface area contributed by atoms with Crippen molar-refractivity contribution in [3.63, 3.8) is 0 Å². The molecule has 23 heavy (non-hydrogen) atoms. The molecule has 0 radical (unpaired) electrons. The molecule has 2 aromatic rings. The van der Waals surface area contributed by atoms with Crippen LogP contribution in [-0.4, -0.2) is 52.2 Å². The van der Waals surface area contributed by atoms with Crippen LogP contribution in [0.1, 0.15) is 10.5 Å². The summed E-state index contributed by atoms with van der Waals surface area (Å²) in [7, 11) is 0. The molecule has 120 valence electrons. The standard InChI is InChI=1S/C14H13Cl2N5O2/c15-9-5-10(16)13(19-6-9)21-3-1-20(2-4-21)12-8-17-11(7-18-12)14(22)23/h5-8H,1-4H2,(H,22,23). The fourth-order valence-electron chi connectivity index (χ4n) is 2.38. The summed E-state index contributed by atoms with van der Waals surface area (Å²) >= 11 is 12.0. The van der Waals surface area contributed by atoms with Crippen molar-refractivity contribution in [2.75, 3.05) is 36.0 Å². The van der Waals surface area contributed by atoms with Crippen molar-refractivity contribution in [1.29, 1.82) is 0 Å². The predicted octanol–water partition coefficient (Wildman–Crippen LogP) is 2.20. The first kappa shape index (κ1) is 15.8. The van der Waals surface area contributed by atoms with Crippen LogP contribution in [0.4, 0.5) is 11.6 Å². The van der Waals surface area contributed by atoms with Gasteiger partial charge in [0.15, 0.2) is 5.69 Å². The number of halogens is 2. The Morgan fingerprint density at radius 1 is 1.00 bits per heavy atom. The number of piperazine rings is 1. The molecule has 1 fully saturated rings. The number of hydrogen-bond acceptors (Lipinski definition) is 6. The zero-order valence-electron chi connectivity index (χ0n) is 12.0. The van der Waals surface area contributed by atoms with Crippen molar-refractivity contribution in [2.45, 2.75) is 0 Å². The van der Waals surface area contributed by atoms with E-state index in [-0.39, 0.29) is 5.69 Å². The molecule has 0 saturated carbocycles. The van der Waals surface area contributed by atoms with Crippen molar-refractivity contribution in [2.24, 2.45) is 0 Å². The van der Waals surface area contributed by atoms with Gasteiger partial charge in [0.25, 0.3) is 0 Å². The van der Waals surface area contributed by atoms with Crippen LogP contribution < -0.4 is 9.80 Å². The highest BCUT2D eigenvalue weighted by Gasteiger charge is 2.21. The molecule has 3 heterocycles. The number of anilines is 2. The van der Waals surface area contributed by atoms with Gasteiger partial charge in [-0.25, -0.2) is 19.7 Å².